The Labute approximate surface area is 162 Å². The first-order valence-corrected chi connectivity index (χ1v) is 9.50. The van der Waals surface area contributed by atoms with E-state index in [1.807, 2.05) is 12.1 Å². The first-order valence-electron chi connectivity index (χ1n) is 8.71. The minimum atomic E-state index is -0.318. The smallest absolute Gasteiger partial charge is 0.322 e. The summed E-state index contributed by atoms with van der Waals surface area (Å²) in [7, 11) is 0. The van der Waals surface area contributed by atoms with E-state index in [1.165, 1.54) is 9.80 Å². The lowest BCUT2D eigenvalue weighted by Crippen LogP contribution is -2.55. The summed E-state index contributed by atoms with van der Waals surface area (Å²) in [5.41, 5.74) is 0.664. The van der Waals surface area contributed by atoms with Crippen molar-refractivity contribution < 1.29 is 14.4 Å². The van der Waals surface area contributed by atoms with Crippen molar-refractivity contribution in [1.82, 2.24) is 15.1 Å². The van der Waals surface area contributed by atoms with Gasteiger partial charge in [0.25, 0.3) is 0 Å². The summed E-state index contributed by atoms with van der Waals surface area (Å²) in [6, 6.07) is 6.90. The lowest BCUT2D eigenvalue weighted by molar-refractivity contribution is -0.139. The van der Waals surface area contributed by atoms with Crippen LogP contribution in [0.15, 0.2) is 28.7 Å². The van der Waals surface area contributed by atoms with Gasteiger partial charge in [-0.1, -0.05) is 29.8 Å². The van der Waals surface area contributed by atoms with E-state index in [1.54, 1.807) is 12.1 Å². The van der Waals surface area contributed by atoms with Crippen molar-refractivity contribution in [2.45, 2.75) is 20.3 Å². The van der Waals surface area contributed by atoms with E-state index in [9.17, 15) is 14.4 Å². The van der Waals surface area contributed by atoms with Gasteiger partial charge < -0.3 is 20.4 Å². The molecule has 1 aliphatic heterocycles. The fourth-order valence-electron chi connectivity index (χ4n) is 2.51. The van der Waals surface area contributed by atoms with Gasteiger partial charge in [0, 0.05) is 29.8 Å². The molecule has 1 fully saturated rings. The van der Waals surface area contributed by atoms with Crippen LogP contribution in [-0.2, 0) is 9.59 Å². The van der Waals surface area contributed by atoms with E-state index in [0.717, 1.165) is 10.9 Å². The second kappa shape index (κ2) is 9.56. The van der Waals surface area contributed by atoms with E-state index in [0.29, 0.717) is 31.2 Å². The number of nitrogens with one attached hydrogen (secondary N) is 2. The minimum absolute atomic E-state index is 0.0262. The standard InChI is InChI=1S/C18H25BrN4O3/c1-13(2)7-8-20-16(24)11-22-9-10-23(12-17(22)25)18(26)21-15-5-3-14(19)4-6-15/h3-6,13H,7-12H2,1-2H3,(H,20,24)(H,21,26). The summed E-state index contributed by atoms with van der Waals surface area (Å²) in [6.45, 7) is 5.56. The molecule has 142 valence electrons. The van der Waals surface area contributed by atoms with Gasteiger partial charge in [0.05, 0.1) is 6.54 Å². The Morgan fingerprint density at radius 2 is 1.88 bits per heavy atom. The number of rotatable bonds is 6. The Balaban J connectivity index is 1.78. The highest BCUT2D eigenvalue weighted by Crippen LogP contribution is 2.15. The van der Waals surface area contributed by atoms with E-state index in [4.69, 9.17) is 0 Å². The zero-order chi connectivity index (χ0) is 19.1. The van der Waals surface area contributed by atoms with E-state index in [2.05, 4.69) is 40.4 Å². The SMILES string of the molecule is CC(C)CCNC(=O)CN1CCN(C(=O)Nc2ccc(Br)cc2)CC1=O. The minimum Gasteiger partial charge on any atom is -0.355 e. The summed E-state index contributed by atoms with van der Waals surface area (Å²) in [4.78, 5) is 39.4. The Morgan fingerprint density at radius 3 is 2.50 bits per heavy atom. The fourth-order valence-corrected chi connectivity index (χ4v) is 2.78. The number of halogens is 1. The molecule has 1 aromatic carbocycles. The molecule has 1 saturated heterocycles. The maximum Gasteiger partial charge on any atom is 0.322 e. The molecule has 1 heterocycles. The lowest BCUT2D eigenvalue weighted by Gasteiger charge is -2.33. The molecule has 0 unspecified atom stereocenters. The van der Waals surface area contributed by atoms with Gasteiger partial charge in [-0.3, -0.25) is 9.59 Å². The van der Waals surface area contributed by atoms with Crippen LogP contribution in [0.1, 0.15) is 20.3 Å². The first kappa shape index (κ1) is 20.2. The summed E-state index contributed by atoms with van der Waals surface area (Å²) < 4.78 is 0.922. The van der Waals surface area contributed by atoms with Crippen LogP contribution in [0.4, 0.5) is 10.5 Å². The summed E-state index contributed by atoms with van der Waals surface area (Å²) in [5.74, 6) is 0.137. The molecule has 7 nitrogen and oxygen atoms in total. The van der Waals surface area contributed by atoms with Gasteiger partial charge in [0.15, 0.2) is 0 Å². The zero-order valence-electron chi connectivity index (χ0n) is 15.1. The number of nitrogens with zero attached hydrogens (tertiary/aromatic N) is 2. The van der Waals surface area contributed by atoms with Crippen LogP contribution < -0.4 is 10.6 Å². The molecule has 26 heavy (non-hydrogen) atoms. The van der Waals surface area contributed by atoms with Crippen molar-refractivity contribution in [2.75, 3.05) is 38.0 Å². The Hall–Kier alpha value is -2.09. The molecule has 0 aliphatic carbocycles. The highest BCUT2D eigenvalue weighted by molar-refractivity contribution is 9.10. The molecule has 1 aromatic rings. The largest absolute Gasteiger partial charge is 0.355 e. The number of benzene rings is 1. The van der Waals surface area contributed by atoms with Crippen molar-refractivity contribution in [3.05, 3.63) is 28.7 Å². The molecular formula is C18H25BrN4O3. The van der Waals surface area contributed by atoms with Gasteiger partial charge in [-0.25, -0.2) is 4.79 Å². The molecule has 0 atom stereocenters. The zero-order valence-corrected chi connectivity index (χ0v) is 16.7. The number of carbonyl (C=O) groups excluding carboxylic acids is 3. The van der Waals surface area contributed by atoms with E-state index in [-0.39, 0.29) is 30.9 Å². The van der Waals surface area contributed by atoms with Crippen molar-refractivity contribution in [3.63, 3.8) is 0 Å². The molecule has 2 N–H and O–H groups in total. The molecule has 0 bridgehead atoms. The van der Waals surface area contributed by atoms with Gasteiger partial charge in [-0.2, -0.15) is 0 Å². The number of carbonyl (C=O) groups is 3. The number of urea groups is 1. The van der Waals surface area contributed by atoms with Gasteiger partial charge in [0.1, 0.15) is 6.54 Å². The average Bonchev–Trinajstić information content (AvgIpc) is 2.58. The predicted octanol–water partition coefficient (Wildman–Crippen LogP) is 2.29. The third-order valence-corrected chi connectivity index (χ3v) is 4.61. The van der Waals surface area contributed by atoms with Crippen LogP contribution in [0, 0.1) is 5.92 Å². The van der Waals surface area contributed by atoms with Gasteiger partial charge in [0.2, 0.25) is 11.8 Å². The van der Waals surface area contributed by atoms with Crippen molar-refractivity contribution >= 4 is 39.5 Å². The van der Waals surface area contributed by atoms with Crippen molar-refractivity contribution in [3.8, 4) is 0 Å². The maximum atomic E-state index is 12.3. The second-order valence-electron chi connectivity index (χ2n) is 6.71. The van der Waals surface area contributed by atoms with Crippen LogP contribution in [0.25, 0.3) is 0 Å². The van der Waals surface area contributed by atoms with Gasteiger partial charge in [-0.05, 0) is 36.6 Å². The highest BCUT2D eigenvalue weighted by Gasteiger charge is 2.28. The van der Waals surface area contributed by atoms with Crippen LogP contribution in [0.5, 0.6) is 0 Å². The molecule has 4 amide bonds. The third-order valence-electron chi connectivity index (χ3n) is 4.08. The third kappa shape index (κ3) is 6.33. The quantitative estimate of drug-likeness (QED) is 0.734. The van der Waals surface area contributed by atoms with Crippen LogP contribution in [0.3, 0.4) is 0 Å². The van der Waals surface area contributed by atoms with E-state index >= 15 is 0 Å². The summed E-state index contributed by atoms with van der Waals surface area (Å²) >= 11 is 3.34. The Bertz CT molecular complexity index is 648. The fraction of sp³-hybridized carbons (Fsp3) is 0.500. The molecule has 0 spiro atoms. The first-order chi connectivity index (χ1) is 12.3. The van der Waals surface area contributed by atoms with E-state index < -0.39 is 0 Å². The molecule has 2 rings (SSSR count). The molecule has 0 radical (unpaired) electrons. The van der Waals surface area contributed by atoms with Gasteiger partial charge >= 0.3 is 6.03 Å². The van der Waals surface area contributed by atoms with Crippen molar-refractivity contribution in [2.24, 2.45) is 5.92 Å². The molecule has 8 heteroatoms. The number of hydrogen-bond acceptors (Lipinski definition) is 3. The highest BCUT2D eigenvalue weighted by atomic mass is 79.9. The summed E-state index contributed by atoms with van der Waals surface area (Å²) in [5, 5.41) is 5.59. The molecule has 0 aromatic heterocycles. The number of amides is 4. The van der Waals surface area contributed by atoms with Crippen LogP contribution in [0.2, 0.25) is 0 Å². The lowest BCUT2D eigenvalue weighted by atomic mass is 10.1. The Kier molecular flexibility index (Phi) is 7.44. The average molecular weight is 425 g/mol. The maximum absolute atomic E-state index is 12.3. The van der Waals surface area contributed by atoms with Gasteiger partial charge in [-0.15, -0.1) is 0 Å². The van der Waals surface area contributed by atoms with Crippen molar-refractivity contribution in [1.29, 1.82) is 0 Å². The molecule has 1 aliphatic rings. The monoisotopic (exact) mass is 424 g/mol. The summed E-state index contributed by atoms with van der Waals surface area (Å²) in [6.07, 6.45) is 0.906. The number of piperazine rings is 1. The number of anilines is 1. The predicted molar refractivity (Wildman–Crippen MR) is 104 cm³/mol. The second-order valence-corrected chi connectivity index (χ2v) is 7.62. The molecule has 0 saturated carbocycles. The number of hydrogen-bond donors (Lipinski definition) is 2. The normalized spacial score (nSPS) is 14.5. The van der Waals surface area contributed by atoms with Crippen LogP contribution >= 0.6 is 15.9 Å². The Morgan fingerprint density at radius 1 is 1.19 bits per heavy atom. The molecular weight excluding hydrogens is 400 g/mol. The topological polar surface area (TPSA) is 81.8 Å². The van der Waals surface area contributed by atoms with Crippen LogP contribution in [-0.4, -0.2) is 60.4 Å².